The normalized spacial score (nSPS) is 11.6. The number of aliphatic imine (C=N–C) groups is 1. The Morgan fingerprint density at radius 3 is 2.95 bits per heavy atom. The predicted octanol–water partition coefficient (Wildman–Crippen LogP) is 1.38. The largest absolute Gasteiger partial charge is 0.348 e. The molecule has 1 rings (SSSR count). The van der Waals surface area contributed by atoms with Gasteiger partial charge in [-0.15, -0.1) is 6.42 Å². The van der Waals surface area contributed by atoms with E-state index in [9.17, 15) is 0 Å². The number of aryl methyl sites for hydroxylation is 1. The minimum atomic E-state index is -0.554. The predicted molar refractivity (Wildman–Crippen MR) is 86.6 cm³/mol. The van der Waals surface area contributed by atoms with Crippen LogP contribution in [0.1, 0.15) is 25.2 Å². The summed E-state index contributed by atoms with van der Waals surface area (Å²) in [6.07, 6.45) is 8.95. The summed E-state index contributed by atoms with van der Waals surface area (Å²) in [6.45, 7) is 6.28. The van der Waals surface area contributed by atoms with Crippen molar-refractivity contribution >= 4 is 17.7 Å². The van der Waals surface area contributed by atoms with Crippen LogP contribution in [-0.4, -0.2) is 33.8 Å². The zero-order chi connectivity index (χ0) is 15.7. The van der Waals surface area contributed by atoms with Crippen LogP contribution >= 0.6 is 11.8 Å². The maximum Gasteiger partial charge on any atom is 0.205 e. The van der Waals surface area contributed by atoms with Crippen LogP contribution in [0.25, 0.3) is 0 Å². The monoisotopic (exact) mass is 304 g/mol. The average molecular weight is 304 g/mol. The van der Waals surface area contributed by atoms with E-state index in [1.54, 1.807) is 18.1 Å². The molecule has 7 heteroatoms. The average Bonchev–Trinajstić information content (AvgIpc) is 2.84. The fourth-order valence-corrected chi connectivity index (χ4v) is 2.27. The minimum Gasteiger partial charge on any atom is -0.348 e. The van der Waals surface area contributed by atoms with E-state index in [1.807, 2.05) is 27.0 Å². The summed E-state index contributed by atoms with van der Waals surface area (Å²) in [4.78, 5) is 11.6. The van der Waals surface area contributed by atoms with E-state index in [0.29, 0.717) is 12.5 Å². The summed E-state index contributed by atoms with van der Waals surface area (Å²) in [7, 11) is 0. The van der Waals surface area contributed by atoms with Crippen LogP contribution < -0.4 is 10.6 Å². The molecule has 0 saturated heterocycles. The second-order valence-corrected chi connectivity index (χ2v) is 5.99. The number of guanidine groups is 1. The molecule has 1 aromatic rings. The number of nitriles is 1. The third kappa shape index (κ3) is 6.24. The van der Waals surface area contributed by atoms with Gasteiger partial charge < -0.3 is 10.3 Å². The van der Waals surface area contributed by atoms with Crippen molar-refractivity contribution in [1.82, 2.24) is 20.6 Å². The molecule has 21 heavy (non-hydrogen) atoms. The highest BCUT2D eigenvalue weighted by Crippen LogP contribution is 2.12. The van der Waals surface area contributed by atoms with Crippen molar-refractivity contribution in [3.05, 3.63) is 17.7 Å². The van der Waals surface area contributed by atoms with Crippen LogP contribution in [0, 0.1) is 30.7 Å². The number of thioether (sulfide) groups is 1. The van der Waals surface area contributed by atoms with Crippen molar-refractivity contribution in [2.75, 3.05) is 12.3 Å². The third-order valence-corrected chi connectivity index (χ3v) is 3.59. The molecule has 0 radical (unpaired) electrons. The number of H-pyrrole nitrogens is 1. The highest BCUT2D eigenvalue weighted by Gasteiger charge is 2.15. The number of aromatic amines is 1. The van der Waals surface area contributed by atoms with Gasteiger partial charge in [0.15, 0.2) is 6.19 Å². The summed E-state index contributed by atoms with van der Waals surface area (Å²) in [6, 6.07) is 0. The van der Waals surface area contributed by atoms with Crippen molar-refractivity contribution in [2.24, 2.45) is 4.99 Å². The Bertz CT molecular complexity index is 561. The third-order valence-electron chi connectivity index (χ3n) is 2.64. The lowest BCUT2D eigenvalue weighted by Crippen LogP contribution is -2.47. The first kappa shape index (κ1) is 16.9. The summed E-state index contributed by atoms with van der Waals surface area (Å²) in [5.74, 6) is 4.68. The van der Waals surface area contributed by atoms with Gasteiger partial charge in [-0.25, -0.2) is 4.98 Å². The SMILES string of the molecule is C#CC(C)(C)NC(=NCCSCc1nc[nH]c1C)NC#N. The number of nitrogens with zero attached hydrogens (tertiary/aromatic N) is 3. The number of nitrogens with one attached hydrogen (secondary N) is 3. The summed E-state index contributed by atoms with van der Waals surface area (Å²) < 4.78 is 0. The lowest BCUT2D eigenvalue weighted by Gasteiger charge is -2.21. The molecule has 1 heterocycles. The van der Waals surface area contributed by atoms with E-state index < -0.39 is 5.54 Å². The topological polar surface area (TPSA) is 88.9 Å². The van der Waals surface area contributed by atoms with E-state index in [1.165, 1.54) is 0 Å². The summed E-state index contributed by atoms with van der Waals surface area (Å²) in [5.41, 5.74) is 1.60. The van der Waals surface area contributed by atoms with Crippen molar-refractivity contribution in [3.8, 4) is 18.5 Å². The van der Waals surface area contributed by atoms with Crippen LogP contribution in [0.5, 0.6) is 0 Å². The molecule has 0 aliphatic rings. The van der Waals surface area contributed by atoms with Gasteiger partial charge in [0.05, 0.1) is 24.1 Å². The van der Waals surface area contributed by atoms with Gasteiger partial charge in [-0.2, -0.15) is 17.0 Å². The lowest BCUT2D eigenvalue weighted by atomic mass is 10.1. The van der Waals surface area contributed by atoms with E-state index in [0.717, 1.165) is 22.9 Å². The Morgan fingerprint density at radius 1 is 1.62 bits per heavy atom. The zero-order valence-electron chi connectivity index (χ0n) is 12.5. The first-order valence-electron chi connectivity index (χ1n) is 6.50. The van der Waals surface area contributed by atoms with Gasteiger partial charge in [-0.1, -0.05) is 5.92 Å². The maximum absolute atomic E-state index is 8.71. The molecule has 0 unspecified atom stereocenters. The van der Waals surface area contributed by atoms with Gasteiger partial charge in [0.2, 0.25) is 5.96 Å². The highest BCUT2D eigenvalue weighted by atomic mass is 32.2. The van der Waals surface area contributed by atoms with Crippen LogP contribution in [0.2, 0.25) is 0 Å². The number of rotatable bonds is 6. The fraction of sp³-hybridized carbons (Fsp3) is 0.500. The van der Waals surface area contributed by atoms with Crippen LogP contribution in [0.15, 0.2) is 11.3 Å². The van der Waals surface area contributed by atoms with Crippen LogP contribution in [0.3, 0.4) is 0 Å². The number of hydrogen-bond acceptors (Lipinski definition) is 4. The Hall–Kier alpha value is -2.12. The molecule has 0 saturated carbocycles. The first-order valence-corrected chi connectivity index (χ1v) is 7.66. The Morgan fingerprint density at radius 2 is 2.38 bits per heavy atom. The van der Waals surface area contributed by atoms with Crippen molar-refractivity contribution in [1.29, 1.82) is 5.26 Å². The molecule has 112 valence electrons. The molecule has 1 aromatic heterocycles. The van der Waals surface area contributed by atoms with E-state index in [-0.39, 0.29) is 0 Å². The number of hydrogen-bond donors (Lipinski definition) is 3. The van der Waals surface area contributed by atoms with Gasteiger partial charge in [0.25, 0.3) is 0 Å². The second kappa shape index (κ2) is 8.23. The van der Waals surface area contributed by atoms with Crippen LogP contribution in [-0.2, 0) is 5.75 Å². The minimum absolute atomic E-state index is 0.400. The second-order valence-electron chi connectivity index (χ2n) is 4.89. The van der Waals surface area contributed by atoms with Crippen molar-refractivity contribution in [2.45, 2.75) is 32.1 Å². The standard InChI is InChI=1S/C14H20N6S/c1-5-14(3,4)20-13(17-9-15)16-6-7-21-8-12-11(2)18-10-19-12/h1,10H,6-8H2,2-4H3,(H,18,19)(H2,16,17,20). The zero-order valence-corrected chi connectivity index (χ0v) is 13.3. The van der Waals surface area contributed by atoms with Gasteiger partial charge in [0.1, 0.15) is 0 Å². The Balaban J connectivity index is 2.40. The number of imidazole rings is 1. The van der Waals surface area contributed by atoms with Gasteiger partial charge in [-0.05, 0) is 20.8 Å². The molecule has 0 aliphatic carbocycles. The lowest BCUT2D eigenvalue weighted by molar-refractivity contribution is 0.590. The van der Waals surface area contributed by atoms with Crippen molar-refractivity contribution in [3.63, 3.8) is 0 Å². The fourth-order valence-electron chi connectivity index (χ4n) is 1.42. The smallest absolute Gasteiger partial charge is 0.205 e. The van der Waals surface area contributed by atoms with Gasteiger partial charge in [0, 0.05) is 17.2 Å². The maximum atomic E-state index is 8.71. The summed E-state index contributed by atoms with van der Waals surface area (Å²) >= 11 is 1.74. The van der Waals surface area contributed by atoms with E-state index in [4.69, 9.17) is 11.7 Å². The first-order chi connectivity index (χ1) is 9.98. The number of aromatic nitrogens is 2. The van der Waals surface area contributed by atoms with Crippen LogP contribution in [0.4, 0.5) is 0 Å². The van der Waals surface area contributed by atoms with Gasteiger partial charge >= 0.3 is 0 Å². The number of terminal acetylenes is 1. The molecule has 0 atom stereocenters. The van der Waals surface area contributed by atoms with E-state index in [2.05, 4.69) is 31.5 Å². The Labute approximate surface area is 129 Å². The Kier molecular flexibility index (Phi) is 6.64. The molecular formula is C14H20N6S. The molecule has 0 aliphatic heterocycles. The molecule has 3 N–H and O–H groups in total. The molecular weight excluding hydrogens is 284 g/mol. The molecule has 6 nitrogen and oxygen atoms in total. The van der Waals surface area contributed by atoms with Crippen molar-refractivity contribution < 1.29 is 0 Å². The van der Waals surface area contributed by atoms with Gasteiger partial charge in [-0.3, -0.25) is 10.3 Å². The molecule has 0 spiro atoms. The molecule has 0 bridgehead atoms. The molecule has 0 fully saturated rings. The quantitative estimate of drug-likeness (QED) is 0.184. The molecule has 0 aromatic carbocycles. The highest BCUT2D eigenvalue weighted by molar-refractivity contribution is 7.98. The van der Waals surface area contributed by atoms with E-state index >= 15 is 0 Å². The summed E-state index contributed by atoms with van der Waals surface area (Å²) in [5, 5.41) is 14.2. The molecule has 0 amide bonds.